The molecule has 0 aromatic carbocycles. The van der Waals surface area contributed by atoms with Crippen LogP contribution in [0.4, 0.5) is 0 Å². The average molecular weight is 288 g/mol. The van der Waals surface area contributed by atoms with Gasteiger partial charge in [-0.3, -0.25) is 4.90 Å². The summed E-state index contributed by atoms with van der Waals surface area (Å²) >= 11 is 0. The lowest BCUT2D eigenvalue weighted by molar-refractivity contribution is -0.00334. The van der Waals surface area contributed by atoms with Crippen molar-refractivity contribution in [1.29, 1.82) is 0 Å². The summed E-state index contributed by atoms with van der Waals surface area (Å²) in [6.45, 7) is 13.4. The zero-order valence-corrected chi connectivity index (χ0v) is 13.6. The highest BCUT2D eigenvalue weighted by Crippen LogP contribution is 2.22. The van der Waals surface area contributed by atoms with E-state index in [0.717, 1.165) is 32.7 Å². The van der Waals surface area contributed by atoms with E-state index in [9.17, 15) is 0 Å². The van der Waals surface area contributed by atoms with E-state index in [2.05, 4.69) is 31.0 Å². The zero-order valence-electron chi connectivity index (χ0n) is 13.6. The molecule has 1 aliphatic heterocycles. The van der Waals surface area contributed by atoms with Gasteiger partial charge in [0.05, 0.1) is 33.0 Å². The van der Waals surface area contributed by atoms with E-state index in [1.807, 2.05) is 0 Å². The number of piperazine rings is 1. The van der Waals surface area contributed by atoms with Crippen molar-refractivity contribution in [2.24, 2.45) is 0 Å². The first kappa shape index (κ1) is 17.9. The Labute approximate surface area is 123 Å². The number of hydrogen-bond acceptors (Lipinski definition) is 5. The maximum Gasteiger partial charge on any atom is 0.0701 e. The molecule has 5 heteroatoms. The highest BCUT2D eigenvalue weighted by molar-refractivity contribution is 4.93. The zero-order chi connectivity index (χ0) is 14.8. The van der Waals surface area contributed by atoms with Gasteiger partial charge in [-0.25, -0.2) is 0 Å². The molecule has 1 saturated heterocycles. The van der Waals surface area contributed by atoms with Crippen LogP contribution in [-0.2, 0) is 14.2 Å². The summed E-state index contributed by atoms with van der Waals surface area (Å²) in [5, 5.41) is 3.57. The van der Waals surface area contributed by atoms with Crippen LogP contribution in [0.1, 0.15) is 27.2 Å². The lowest BCUT2D eigenvalue weighted by Crippen LogP contribution is -2.62. The van der Waals surface area contributed by atoms with Crippen LogP contribution in [0.15, 0.2) is 0 Å². The van der Waals surface area contributed by atoms with Crippen LogP contribution in [0.2, 0.25) is 0 Å². The van der Waals surface area contributed by atoms with Crippen LogP contribution >= 0.6 is 0 Å². The minimum atomic E-state index is 0.255. The molecule has 120 valence electrons. The van der Waals surface area contributed by atoms with Crippen molar-refractivity contribution >= 4 is 0 Å². The third kappa shape index (κ3) is 6.06. The molecule has 0 bridgehead atoms. The Kier molecular flexibility index (Phi) is 8.64. The average Bonchev–Trinajstić information content (AvgIpc) is 2.45. The summed E-state index contributed by atoms with van der Waals surface area (Å²) in [6, 6.07) is 0.562. The van der Waals surface area contributed by atoms with E-state index in [0.29, 0.717) is 32.5 Å². The Hall–Kier alpha value is -0.200. The Balaban J connectivity index is 2.12. The first-order valence-electron chi connectivity index (χ1n) is 7.75. The first-order chi connectivity index (χ1) is 9.62. The predicted molar refractivity (Wildman–Crippen MR) is 81.2 cm³/mol. The number of nitrogens with one attached hydrogen (secondary N) is 1. The van der Waals surface area contributed by atoms with Crippen molar-refractivity contribution in [3.8, 4) is 0 Å². The van der Waals surface area contributed by atoms with E-state index >= 15 is 0 Å². The number of methoxy groups -OCH3 is 1. The van der Waals surface area contributed by atoms with Crippen LogP contribution in [-0.4, -0.2) is 76.3 Å². The minimum Gasteiger partial charge on any atom is -0.382 e. The summed E-state index contributed by atoms with van der Waals surface area (Å²) in [6.07, 6.45) is 1.16. The van der Waals surface area contributed by atoms with Gasteiger partial charge in [0.15, 0.2) is 0 Å². The lowest BCUT2D eigenvalue weighted by Gasteiger charge is -2.47. The highest BCUT2D eigenvalue weighted by Gasteiger charge is 2.34. The van der Waals surface area contributed by atoms with Crippen molar-refractivity contribution in [3.63, 3.8) is 0 Å². The molecule has 0 radical (unpaired) electrons. The molecule has 1 aliphatic rings. The summed E-state index contributed by atoms with van der Waals surface area (Å²) < 4.78 is 15.9. The Morgan fingerprint density at radius 2 is 1.80 bits per heavy atom. The van der Waals surface area contributed by atoms with Gasteiger partial charge in [-0.05, 0) is 20.3 Å². The maximum absolute atomic E-state index is 5.66. The summed E-state index contributed by atoms with van der Waals surface area (Å²) in [5.74, 6) is 0. The SMILES string of the molecule is CCC1(C)CNC(C)CN1CCOCCOCCOC. The summed E-state index contributed by atoms with van der Waals surface area (Å²) in [4.78, 5) is 2.56. The van der Waals surface area contributed by atoms with E-state index in [-0.39, 0.29) is 5.54 Å². The fraction of sp³-hybridized carbons (Fsp3) is 1.00. The van der Waals surface area contributed by atoms with Gasteiger partial charge in [-0.2, -0.15) is 0 Å². The quantitative estimate of drug-likeness (QED) is 0.610. The Bertz CT molecular complexity index is 253. The number of nitrogens with zero attached hydrogens (tertiary/aromatic N) is 1. The van der Waals surface area contributed by atoms with E-state index < -0.39 is 0 Å². The smallest absolute Gasteiger partial charge is 0.0701 e. The molecule has 1 rings (SSSR count). The van der Waals surface area contributed by atoms with E-state index in [1.165, 1.54) is 0 Å². The second kappa shape index (κ2) is 9.68. The van der Waals surface area contributed by atoms with Gasteiger partial charge in [0.25, 0.3) is 0 Å². The maximum atomic E-state index is 5.66. The first-order valence-corrected chi connectivity index (χ1v) is 7.75. The van der Waals surface area contributed by atoms with Crippen LogP contribution in [0.25, 0.3) is 0 Å². The Morgan fingerprint density at radius 3 is 2.45 bits per heavy atom. The standard InChI is InChI=1S/C15H32N2O3/c1-5-15(3)13-16-14(2)12-17(15)6-7-19-10-11-20-9-8-18-4/h14,16H,5-13H2,1-4H3. The summed E-state index contributed by atoms with van der Waals surface area (Å²) in [5.41, 5.74) is 0.255. The third-order valence-corrected chi connectivity index (χ3v) is 4.16. The molecule has 0 aromatic rings. The van der Waals surface area contributed by atoms with E-state index in [4.69, 9.17) is 14.2 Å². The molecule has 20 heavy (non-hydrogen) atoms. The van der Waals surface area contributed by atoms with Gasteiger partial charge < -0.3 is 19.5 Å². The van der Waals surface area contributed by atoms with Gasteiger partial charge in [0.1, 0.15) is 0 Å². The van der Waals surface area contributed by atoms with Crippen molar-refractivity contribution in [3.05, 3.63) is 0 Å². The molecule has 1 fully saturated rings. The molecular formula is C15H32N2O3. The fourth-order valence-electron chi connectivity index (χ4n) is 2.47. The minimum absolute atomic E-state index is 0.255. The van der Waals surface area contributed by atoms with Gasteiger partial charge in [0, 0.05) is 38.3 Å². The molecule has 1 N–H and O–H groups in total. The highest BCUT2D eigenvalue weighted by atomic mass is 16.5. The number of ether oxygens (including phenoxy) is 3. The van der Waals surface area contributed by atoms with Crippen molar-refractivity contribution in [2.75, 3.05) is 59.8 Å². The molecule has 0 saturated carbocycles. The second-order valence-corrected chi connectivity index (χ2v) is 5.80. The van der Waals surface area contributed by atoms with Crippen molar-refractivity contribution in [2.45, 2.75) is 38.8 Å². The van der Waals surface area contributed by atoms with Gasteiger partial charge in [-0.1, -0.05) is 6.92 Å². The largest absolute Gasteiger partial charge is 0.382 e. The lowest BCUT2D eigenvalue weighted by atomic mass is 9.92. The van der Waals surface area contributed by atoms with Crippen molar-refractivity contribution < 1.29 is 14.2 Å². The number of hydrogen-bond donors (Lipinski definition) is 1. The molecule has 0 spiro atoms. The fourth-order valence-corrected chi connectivity index (χ4v) is 2.47. The number of rotatable bonds is 10. The molecule has 2 unspecified atom stereocenters. The molecule has 0 aromatic heterocycles. The van der Waals surface area contributed by atoms with E-state index in [1.54, 1.807) is 7.11 Å². The van der Waals surface area contributed by atoms with Gasteiger partial charge >= 0.3 is 0 Å². The summed E-state index contributed by atoms with van der Waals surface area (Å²) in [7, 11) is 1.68. The second-order valence-electron chi connectivity index (χ2n) is 5.80. The van der Waals surface area contributed by atoms with Gasteiger partial charge in [-0.15, -0.1) is 0 Å². The van der Waals surface area contributed by atoms with Crippen molar-refractivity contribution in [1.82, 2.24) is 10.2 Å². The molecule has 1 heterocycles. The third-order valence-electron chi connectivity index (χ3n) is 4.16. The molecular weight excluding hydrogens is 256 g/mol. The Morgan fingerprint density at radius 1 is 1.15 bits per heavy atom. The van der Waals surface area contributed by atoms with Crippen LogP contribution < -0.4 is 5.32 Å². The normalized spacial score (nSPS) is 27.9. The van der Waals surface area contributed by atoms with Crippen LogP contribution in [0, 0.1) is 0 Å². The molecule has 5 nitrogen and oxygen atoms in total. The molecule has 2 atom stereocenters. The molecule has 0 amide bonds. The topological polar surface area (TPSA) is 43.0 Å². The van der Waals surface area contributed by atoms with Crippen LogP contribution in [0.5, 0.6) is 0 Å². The van der Waals surface area contributed by atoms with Gasteiger partial charge in [0.2, 0.25) is 0 Å². The predicted octanol–water partition coefficient (Wildman–Crippen LogP) is 1.13. The monoisotopic (exact) mass is 288 g/mol. The van der Waals surface area contributed by atoms with Crippen LogP contribution in [0.3, 0.4) is 0 Å². The molecule has 0 aliphatic carbocycles.